The lowest BCUT2D eigenvalue weighted by atomic mass is 9.91. The molecule has 0 aromatic heterocycles. The van der Waals surface area contributed by atoms with Gasteiger partial charge >= 0.3 is 12.0 Å². The molecule has 0 radical (unpaired) electrons. The van der Waals surface area contributed by atoms with Crippen molar-refractivity contribution in [3.05, 3.63) is 71.3 Å². The first-order valence-electron chi connectivity index (χ1n) is 13.4. The number of hydrogen-bond donors (Lipinski definition) is 2. The van der Waals surface area contributed by atoms with Crippen LogP contribution in [0.1, 0.15) is 82.9 Å². The van der Waals surface area contributed by atoms with Crippen molar-refractivity contribution in [2.45, 2.75) is 71.8 Å². The molecule has 37 heavy (non-hydrogen) atoms. The van der Waals surface area contributed by atoms with Crippen molar-refractivity contribution in [1.29, 1.82) is 0 Å². The van der Waals surface area contributed by atoms with Gasteiger partial charge in [0.2, 0.25) is 5.91 Å². The topological polar surface area (TPSA) is 87.7 Å². The number of carbonyl (C=O) groups is 3. The molecule has 1 aliphatic heterocycles. The Kier molecular flexibility index (Phi) is 10.7. The summed E-state index contributed by atoms with van der Waals surface area (Å²) < 4.78 is 5.49. The zero-order chi connectivity index (χ0) is 26.6. The molecular formula is C30H39N3O4. The minimum absolute atomic E-state index is 0.0437. The Balaban J connectivity index is 2.02. The highest BCUT2D eigenvalue weighted by Crippen LogP contribution is 2.37. The number of hydrogen-bond acceptors (Lipinski definition) is 4. The highest BCUT2D eigenvalue weighted by atomic mass is 16.5. The molecule has 7 heteroatoms. The van der Waals surface area contributed by atoms with Gasteiger partial charge in [-0.3, -0.25) is 9.69 Å². The summed E-state index contributed by atoms with van der Waals surface area (Å²) in [4.78, 5) is 40.9. The monoisotopic (exact) mass is 505 g/mol. The van der Waals surface area contributed by atoms with Crippen molar-refractivity contribution in [2.75, 3.05) is 18.5 Å². The van der Waals surface area contributed by atoms with Crippen LogP contribution in [0.5, 0.6) is 0 Å². The second-order valence-corrected chi connectivity index (χ2v) is 9.22. The number of anilines is 1. The molecule has 1 atom stereocenters. The van der Waals surface area contributed by atoms with Crippen molar-refractivity contribution in [3.8, 4) is 0 Å². The molecule has 3 amide bonds. The van der Waals surface area contributed by atoms with Gasteiger partial charge in [0, 0.05) is 18.7 Å². The molecule has 2 N–H and O–H groups in total. The lowest BCUT2D eigenvalue weighted by molar-refractivity contribution is -0.139. The number of rotatable bonds is 13. The van der Waals surface area contributed by atoms with Crippen LogP contribution in [0.2, 0.25) is 0 Å². The largest absolute Gasteiger partial charge is 0.463 e. The molecule has 0 spiro atoms. The van der Waals surface area contributed by atoms with Crippen LogP contribution in [0.15, 0.2) is 60.2 Å². The summed E-state index contributed by atoms with van der Waals surface area (Å²) in [5.74, 6) is -0.518. The number of benzene rings is 2. The van der Waals surface area contributed by atoms with Crippen molar-refractivity contribution < 1.29 is 19.1 Å². The molecule has 198 valence electrons. The summed E-state index contributed by atoms with van der Waals surface area (Å²) >= 11 is 0. The summed E-state index contributed by atoms with van der Waals surface area (Å²) in [6.07, 6.45) is 6.28. The fraction of sp³-hybridized carbons (Fsp3) is 0.433. The second kappa shape index (κ2) is 14.2. The van der Waals surface area contributed by atoms with E-state index in [0.29, 0.717) is 35.5 Å². The van der Waals surface area contributed by atoms with E-state index in [0.717, 1.165) is 44.1 Å². The Morgan fingerprint density at radius 2 is 1.70 bits per heavy atom. The average Bonchev–Trinajstić information content (AvgIpc) is 2.90. The fourth-order valence-corrected chi connectivity index (χ4v) is 4.50. The Labute approximate surface area is 220 Å². The van der Waals surface area contributed by atoms with E-state index in [1.165, 1.54) is 0 Å². The standard InChI is InChI=1S/C30H39N3O4/c1-4-7-9-13-19-25(34)31-24-18-14-17-23(21-24)27-26(29(35)37-6-3)28(22-15-11-10-12-16-22)33(20-8-5-2)30(36)32-27/h10-12,14-18,21,27H,4-9,13,19-20H2,1-3H3,(H,31,34)(H,32,36). The number of amides is 3. The maximum absolute atomic E-state index is 13.4. The lowest BCUT2D eigenvalue weighted by Gasteiger charge is -2.37. The molecule has 3 rings (SSSR count). The van der Waals surface area contributed by atoms with Crippen LogP contribution in [0.25, 0.3) is 5.70 Å². The van der Waals surface area contributed by atoms with E-state index in [9.17, 15) is 14.4 Å². The van der Waals surface area contributed by atoms with Gasteiger partial charge in [0.05, 0.1) is 23.9 Å². The zero-order valence-electron chi connectivity index (χ0n) is 22.2. The van der Waals surface area contributed by atoms with Gasteiger partial charge in [0.15, 0.2) is 0 Å². The van der Waals surface area contributed by atoms with E-state index in [-0.39, 0.29) is 18.5 Å². The normalized spacial score (nSPS) is 15.4. The molecule has 2 aromatic rings. The maximum Gasteiger partial charge on any atom is 0.338 e. The highest BCUT2D eigenvalue weighted by Gasteiger charge is 2.38. The quantitative estimate of drug-likeness (QED) is 0.242. The molecule has 1 heterocycles. The van der Waals surface area contributed by atoms with E-state index in [1.807, 2.05) is 54.6 Å². The van der Waals surface area contributed by atoms with Crippen molar-refractivity contribution >= 4 is 29.3 Å². The van der Waals surface area contributed by atoms with Gasteiger partial charge in [-0.25, -0.2) is 9.59 Å². The maximum atomic E-state index is 13.4. The first kappa shape index (κ1) is 28.0. The van der Waals surface area contributed by atoms with E-state index in [4.69, 9.17) is 4.74 Å². The first-order chi connectivity index (χ1) is 18.0. The van der Waals surface area contributed by atoms with Crippen molar-refractivity contribution in [3.63, 3.8) is 0 Å². The van der Waals surface area contributed by atoms with E-state index in [2.05, 4.69) is 24.5 Å². The van der Waals surface area contributed by atoms with E-state index >= 15 is 0 Å². The Morgan fingerprint density at radius 3 is 2.41 bits per heavy atom. The number of urea groups is 1. The van der Waals surface area contributed by atoms with Crippen LogP contribution in [-0.2, 0) is 14.3 Å². The van der Waals surface area contributed by atoms with Crippen LogP contribution in [0.3, 0.4) is 0 Å². The number of ether oxygens (including phenoxy) is 1. The van der Waals surface area contributed by atoms with Gasteiger partial charge in [0.25, 0.3) is 0 Å². The molecule has 0 fully saturated rings. The zero-order valence-corrected chi connectivity index (χ0v) is 22.2. The van der Waals surface area contributed by atoms with Crippen LogP contribution in [0, 0.1) is 0 Å². The van der Waals surface area contributed by atoms with Gasteiger partial charge in [-0.2, -0.15) is 0 Å². The third kappa shape index (κ3) is 7.44. The Bertz CT molecular complexity index is 1100. The third-order valence-electron chi connectivity index (χ3n) is 6.37. The summed E-state index contributed by atoms with van der Waals surface area (Å²) in [6.45, 7) is 6.67. The Hall–Kier alpha value is -3.61. The molecule has 0 bridgehead atoms. The molecule has 0 saturated carbocycles. The first-order valence-corrected chi connectivity index (χ1v) is 13.4. The summed E-state index contributed by atoms with van der Waals surface area (Å²) in [5.41, 5.74) is 3.05. The molecule has 2 aromatic carbocycles. The summed E-state index contributed by atoms with van der Waals surface area (Å²) in [6, 6.07) is 15.8. The van der Waals surface area contributed by atoms with Crippen molar-refractivity contribution in [1.82, 2.24) is 10.2 Å². The second-order valence-electron chi connectivity index (χ2n) is 9.22. The van der Waals surface area contributed by atoms with Crippen LogP contribution < -0.4 is 10.6 Å². The molecule has 0 saturated heterocycles. The molecule has 1 aliphatic rings. The van der Waals surface area contributed by atoms with Gasteiger partial charge < -0.3 is 15.4 Å². The number of nitrogens with one attached hydrogen (secondary N) is 2. The van der Waals surface area contributed by atoms with Crippen LogP contribution >= 0.6 is 0 Å². The number of esters is 1. The van der Waals surface area contributed by atoms with Crippen LogP contribution in [-0.4, -0.2) is 36.0 Å². The smallest absolute Gasteiger partial charge is 0.338 e. The van der Waals surface area contributed by atoms with Gasteiger partial charge in [0.1, 0.15) is 0 Å². The van der Waals surface area contributed by atoms with E-state index < -0.39 is 12.0 Å². The number of nitrogens with zero attached hydrogens (tertiary/aromatic N) is 1. The highest BCUT2D eigenvalue weighted by molar-refractivity contribution is 6.04. The minimum Gasteiger partial charge on any atom is -0.463 e. The lowest BCUT2D eigenvalue weighted by Crippen LogP contribution is -2.48. The SMILES string of the molecule is CCCCCCC(=O)Nc1cccc(C2NC(=O)N(CCCC)C(c3ccccc3)=C2C(=O)OCC)c1. The fourth-order valence-electron chi connectivity index (χ4n) is 4.50. The van der Waals surface area contributed by atoms with Crippen molar-refractivity contribution in [2.24, 2.45) is 0 Å². The molecular weight excluding hydrogens is 466 g/mol. The number of carbonyl (C=O) groups excluding carboxylic acids is 3. The average molecular weight is 506 g/mol. The molecule has 7 nitrogen and oxygen atoms in total. The third-order valence-corrected chi connectivity index (χ3v) is 6.37. The minimum atomic E-state index is -0.721. The van der Waals surface area contributed by atoms with Crippen LogP contribution in [0.4, 0.5) is 10.5 Å². The van der Waals surface area contributed by atoms with E-state index in [1.54, 1.807) is 11.8 Å². The van der Waals surface area contributed by atoms with Gasteiger partial charge in [-0.15, -0.1) is 0 Å². The summed E-state index contributed by atoms with van der Waals surface area (Å²) in [5, 5.41) is 5.99. The van der Waals surface area contributed by atoms with Gasteiger partial charge in [-0.05, 0) is 43.0 Å². The summed E-state index contributed by atoms with van der Waals surface area (Å²) in [7, 11) is 0. The number of unbranched alkanes of at least 4 members (excludes halogenated alkanes) is 4. The Morgan fingerprint density at radius 1 is 0.946 bits per heavy atom. The van der Waals surface area contributed by atoms with Gasteiger partial charge in [-0.1, -0.05) is 82.0 Å². The predicted molar refractivity (Wildman–Crippen MR) is 147 cm³/mol. The molecule has 1 unspecified atom stereocenters. The molecule has 0 aliphatic carbocycles. The predicted octanol–water partition coefficient (Wildman–Crippen LogP) is 6.44.